The number of anilines is 1. The van der Waals surface area contributed by atoms with Crippen LogP contribution in [0.3, 0.4) is 0 Å². The van der Waals surface area contributed by atoms with Crippen LogP contribution >= 0.6 is 0 Å². The van der Waals surface area contributed by atoms with Gasteiger partial charge in [0, 0.05) is 13.1 Å². The lowest BCUT2D eigenvalue weighted by Crippen LogP contribution is -2.39. The van der Waals surface area contributed by atoms with Crippen LogP contribution in [0.25, 0.3) is 0 Å². The Morgan fingerprint density at radius 2 is 2.00 bits per heavy atom. The molecule has 0 unspecified atom stereocenters. The summed E-state index contributed by atoms with van der Waals surface area (Å²) in [7, 11) is 0. The summed E-state index contributed by atoms with van der Waals surface area (Å²) in [4.78, 5) is 1.78. The predicted octanol–water partition coefficient (Wildman–Crippen LogP) is 2.48. The first-order valence-corrected chi connectivity index (χ1v) is 6.19. The van der Waals surface area contributed by atoms with Gasteiger partial charge < -0.3 is 15.1 Å². The van der Waals surface area contributed by atoms with Crippen molar-refractivity contribution in [3.8, 4) is 0 Å². The quantitative estimate of drug-likeness (QED) is 0.849. The van der Waals surface area contributed by atoms with Crippen molar-refractivity contribution in [2.75, 3.05) is 18.0 Å². The highest BCUT2D eigenvalue weighted by molar-refractivity contribution is 5.49. The highest BCUT2D eigenvalue weighted by Gasteiger charge is 2.20. The molecule has 1 rings (SSSR count). The molecule has 0 fully saturated rings. The first-order valence-electron chi connectivity index (χ1n) is 6.19. The topological polar surface area (TPSA) is 43.7 Å². The van der Waals surface area contributed by atoms with Gasteiger partial charge in [0.05, 0.1) is 17.4 Å². The molecule has 0 saturated heterocycles. The minimum Gasteiger partial charge on any atom is -0.389 e. The number of hydrogen-bond donors (Lipinski definition) is 2. The van der Waals surface area contributed by atoms with Crippen molar-refractivity contribution in [3.63, 3.8) is 0 Å². The second-order valence-corrected chi connectivity index (χ2v) is 5.21. The summed E-state index contributed by atoms with van der Waals surface area (Å²) >= 11 is 0. The number of likely N-dealkylation sites (N-methyl/N-ethyl adjacent to an activating group) is 1. The molecular weight excluding hydrogens is 233 g/mol. The molecule has 1 aromatic carbocycles. The zero-order valence-electron chi connectivity index (χ0n) is 11.4. The largest absolute Gasteiger partial charge is 0.389 e. The second-order valence-electron chi connectivity index (χ2n) is 5.21. The van der Waals surface area contributed by atoms with Crippen molar-refractivity contribution >= 4 is 5.69 Å². The molecule has 2 N–H and O–H groups in total. The van der Waals surface area contributed by atoms with Gasteiger partial charge in [-0.15, -0.1) is 0 Å². The molecule has 0 spiro atoms. The van der Waals surface area contributed by atoms with Crippen LogP contribution in [0.2, 0.25) is 0 Å². The van der Waals surface area contributed by atoms with Crippen molar-refractivity contribution < 1.29 is 14.6 Å². The molecule has 18 heavy (non-hydrogen) atoms. The van der Waals surface area contributed by atoms with Gasteiger partial charge in [-0.05, 0) is 45.4 Å². The Hall–Kier alpha value is -1.13. The monoisotopic (exact) mass is 255 g/mol. The molecule has 0 aliphatic heterocycles. The van der Waals surface area contributed by atoms with Crippen LogP contribution in [-0.4, -0.2) is 28.9 Å². The van der Waals surface area contributed by atoms with Crippen LogP contribution in [0, 0.1) is 5.82 Å². The lowest BCUT2D eigenvalue weighted by Gasteiger charge is -2.30. The SMILES string of the molecule is CCN(CC(C)(C)O)c1ccc([C@H](C)O)cc1F. The molecule has 0 radical (unpaired) electrons. The Kier molecular flexibility index (Phi) is 4.71. The van der Waals surface area contributed by atoms with Gasteiger partial charge in [-0.2, -0.15) is 0 Å². The van der Waals surface area contributed by atoms with Crippen molar-refractivity contribution in [1.82, 2.24) is 0 Å². The number of nitrogens with zero attached hydrogens (tertiary/aromatic N) is 1. The van der Waals surface area contributed by atoms with E-state index in [0.717, 1.165) is 0 Å². The lowest BCUT2D eigenvalue weighted by atomic mass is 10.1. The molecule has 0 amide bonds. The Morgan fingerprint density at radius 3 is 2.39 bits per heavy atom. The maximum Gasteiger partial charge on any atom is 0.146 e. The van der Waals surface area contributed by atoms with E-state index in [-0.39, 0.29) is 5.82 Å². The average Bonchev–Trinajstić information content (AvgIpc) is 2.24. The standard InChI is InChI=1S/C14H22FNO2/c1-5-16(9-14(3,4)18)13-7-6-11(10(2)17)8-12(13)15/h6-8,10,17-18H,5,9H2,1-4H3/t10-/m0/s1. The highest BCUT2D eigenvalue weighted by atomic mass is 19.1. The fraction of sp³-hybridized carbons (Fsp3) is 0.571. The van der Waals surface area contributed by atoms with Gasteiger partial charge in [0.25, 0.3) is 0 Å². The zero-order chi connectivity index (χ0) is 13.9. The molecule has 0 bridgehead atoms. The number of halogens is 1. The highest BCUT2D eigenvalue weighted by Crippen LogP contribution is 2.24. The van der Waals surface area contributed by atoms with Crippen molar-refractivity contribution in [1.29, 1.82) is 0 Å². The van der Waals surface area contributed by atoms with E-state index >= 15 is 0 Å². The van der Waals surface area contributed by atoms with Crippen LogP contribution in [-0.2, 0) is 0 Å². The number of aliphatic hydroxyl groups excluding tert-OH is 1. The molecule has 4 heteroatoms. The Labute approximate surface area is 108 Å². The van der Waals surface area contributed by atoms with Gasteiger partial charge in [-0.3, -0.25) is 0 Å². The third-order valence-electron chi connectivity index (χ3n) is 2.75. The number of aliphatic hydroxyl groups is 2. The first-order chi connectivity index (χ1) is 8.24. The van der Waals surface area contributed by atoms with Gasteiger partial charge in [0.2, 0.25) is 0 Å². The third kappa shape index (κ3) is 3.96. The predicted molar refractivity (Wildman–Crippen MR) is 71.2 cm³/mol. The molecule has 0 heterocycles. The van der Waals surface area contributed by atoms with Gasteiger partial charge in [-0.1, -0.05) is 6.07 Å². The van der Waals surface area contributed by atoms with Crippen LogP contribution < -0.4 is 4.90 Å². The molecule has 0 saturated carbocycles. The Bertz CT molecular complexity index is 399. The summed E-state index contributed by atoms with van der Waals surface area (Å²) in [6, 6.07) is 4.69. The number of rotatable bonds is 5. The second kappa shape index (κ2) is 5.67. The normalized spacial score (nSPS) is 13.5. The van der Waals surface area contributed by atoms with Crippen LogP contribution in [0.4, 0.5) is 10.1 Å². The summed E-state index contributed by atoms with van der Waals surface area (Å²) in [6.07, 6.45) is -0.682. The molecule has 102 valence electrons. The molecule has 1 atom stereocenters. The lowest BCUT2D eigenvalue weighted by molar-refractivity contribution is 0.0874. The van der Waals surface area contributed by atoms with E-state index in [1.54, 1.807) is 37.8 Å². The summed E-state index contributed by atoms with van der Waals surface area (Å²) in [5, 5.41) is 19.2. The average molecular weight is 255 g/mol. The van der Waals surface area contributed by atoms with E-state index in [2.05, 4.69) is 0 Å². The fourth-order valence-electron chi connectivity index (χ4n) is 1.87. The van der Waals surface area contributed by atoms with Crippen molar-refractivity contribution in [2.45, 2.75) is 39.4 Å². The maximum absolute atomic E-state index is 14.0. The minimum atomic E-state index is -0.884. The maximum atomic E-state index is 14.0. The molecule has 3 nitrogen and oxygen atoms in total. The van der Waals surface area contributed by atoms with E-state index in [0.29, 0.717) is 24.3 Å². The van der Waals surface area contributed by atoms with Gasteiger partial charge in [0.1, 0.15) is 5.82 Å². The van der Waals surface area contributed by atoms with Gasteiger partial charge >= 0.3 is 0 Å². The van der Waals surface area contributed by atoms with E-state index < -0.39 is 11.7 Å². The molecule has 1 aromatic rings. The summed E-state index contributed by atoms with van der Waals surface area (Å²) in [6.45, 7) is 7.86. The van der Waals surface area contributed by atoms with Crippen LogP contribution in [0.15, 0.2) is 18.2 Å². The Morgan fingerprint density at radius 1 is 1.39 bits per heavy atom. The van der Waals surface area contributed by atoms with E-state index in [1.807, 2.05) is 6.92 Å². The van der Waals surface area contributed by atoms with E-state index in [9.17, 15) is 14.6 Å². The molecule has 0 aromatic heterocycles. The Balaban J connectivity index is 3.00. The molecular formula is C14H22FNO2. The van der Waals surface area contributed by atoms with Crippen LogP contribution in [0.1, 0.15) is 39.4 Å². The minimum absolute atomic E-state index is 0.356. The summed E-state index contributed by atoms with van der Waals surface area (Å²) in [5.74, 6) is -0.375. The number of hydrogen-bond acceptors (Lipinski definition) is 3. The first kappa shape index (κ1) is 14.9. The van der Waals surface area contributed by atoms with E-state index in [1.165, 1.54) is 6.07 Å². The van der Waals surface area contributed by atoms with Crippen molar-refractivity contribution in [2.24, 2.45) is 0 Å². The summed E-state index contributed by atoms with van der Waals surface area (Å²) in [5.41, 5.74) is 0.116. The smallest absolute Gasteiger partial charge is 0.146 e. The zero-order valence-corrected chi connectivity index (χ0v) is 11.4. The van der Waals surface area contributed by atoms with Gasteiger partial charge in [0.15, 0.2) is 0 Å². The van der Waals surface area contributed by atoms with Crippen LogP contribution in [0.5, 0.6) is 0 Å². The molecule has 0 aliphatic rings. The number of benzene rings is 1. The van der Waals surface area contributed by atoms with E-state index in [4.69, 9.17) is 0 Å². The fourth-order valence-corrected chi connectivity index (χ4v) is 1.87. The third-order valence-corrected chi connectivity index (χ3v) is 2.75. The molecule has 0 aliphatic carbocycles. The summed E-state index contributed by atoms with van der Waals surface area (Å²) < 4.78 is 14.0. The van der Waals surface area contributed by atoms with Gasteiger partial charge in [-0.25, -0.2) is 4.39 Å². The van der Waals surface area contributed by atoms with Crippen molar-refractivity contribution in [3.05, 3.63) is 29.6 Å².